The maximum atomic E-state index is 11.8. The van der Waals surface area contributed by atoms with Gasteiger partial charge in [0.15, 0.2) is 5.82 Å². The van der Waals surface area contributed by atoms with E-state index in [-0.39, 0.29) is 5.92 Å². The van der Waals surface area contributed by atoms with E-state index in [1.165, 1.54) is 0 Å². The monoisotopic (exact) mass is 282 g/mol. The molecule has 0 N–H and O–H groups in total. The molecule has 1 aromatic heterocycles. The van der Waals surface area contributed by atoms with Gasteiger partial charge in [-0.05, 0) is 24.5 Å². The second kappa shape index (κ2) is 7.08. The lowest BCUT2D eigenvalue weighted by Gasteiger charge is -2.18. The number of Topliss-reactive ketones (excluding diaryl/α,β-unsaturated/α-hetero) is 1. The summed E-state index contributed by atoms with van der Waals surface area (Å²) in [5.74, 6) is 4.41. The highest BCUT2D eigenvalue weighted by Crippen LogP contribution is 2.24. The molecule has 0 spiro atoms. The van der Waals surface area contributed by atoms with Crippen LogP contribution in [0, 0.1) is 11.8 Å². The van der Waals surface area contributed by atoms with Crippen molar-refractivity contribution in [1.29, 1.82) is 0 Å². The fraction of sp³-hybridized carbons (Fsp3) is 0.786. The molecule has 0 aliphatic heterocycles. The molecule has 0 aromatic carbocycles. The molecule has 1 aliphatic rings. The van der Waals surface area contributed by atoms with Crippen molar-refractivity contribution in [2.75, 3.05) is 5.75 Å². The van der Waals surface area contributed by atoms with Crippen molar-refractivity contribution < 1.29 is 9.32 Å². The summed E-state index contributed by atoms with van der Waals surface area (Å²) in [5, 5.41) is 3.99. The van der Waals surface area contributed by atoms with E-state index in [4.69, 9.17) is 4.52 Å². The smallest absolute Gasteiger partial charge is 0.227 e. The lowest BCUT2D eigenvalue weighted by atomic mass is 9.86. The summed E-state index contributed by atoms with van der Waals surface area (Å²) >= 11 is 1.82. The molecule has 1 atom stereocenters. The Bertz CT molecular complexity index is 417. The van der Waals surface area contributed by atoms with Gasteiger partial charge in [-0.25, -0.2) is 0 Å². The van der Waals surface area contributed by atoms with Crippen LogP contribution < -0.4 is 0 Å². The zero-order chi connectivity index (χ0) is 13.7. The quantitative estimate of drug-likeness (QED) is 0.801. The molecule has 19 heavy (non-hydrogen) atoms. The summed E-state index contributed by atoms with van der Waals surface area (Å²) in [7, 11) is 0. The summed E-state index contributed by atoms with van der Waals surface area (Å²) < 4.78 is 5.25. The summed E-state index contributed by atoms with van der Waals surface area (Å²) in [4.78, 5) is 16.1. The van der Waals surface area contributed by atoms with Crippen LogP contribution in [0.3, 0.4) is 0 Å². The van der Waals surface area contributed by atoms with Crippen LogP contribution in [0.15, 0.2) is 4.52 Å². The fourth-order valence-corrected chi connectivity index (χ4v) is 3.19. The third-order valence-electron chi connectivity index (χ3n) is 3.29. The topological polar surface area (TPSA) is 56.0 Å². The van der Waals surface area contributed by atoms with E-state index >= 15 is 0 Å². The van der Waals surface area contributed by atoms with Crippen molar-refractivity contribution in [3.8, 4) is 0 Å². The van der Waals surface area contributed by atoms with Gasteiger partial charge >= 0.3 is 0 Å². The van der Waals surface area contributed by atoms with E-state index in [9.17, 15) is 4.79 Å². The molecule has 5 heteroatoms. The van der Waals surface area contributed by atoms with Crippen molar-refractivity contribution in [2.24, 2.45) is 11.8 Å². The van der Waals surface area contributed by atoms with Gasteiger partial charge in [0.2, 0.25) is 5.89 Å². The molecule has 1 fully saturated rings. The maximum Gasteiger partial charge on any atom is 0.227 e. The SMILES string of the molecule is CC(C)CSCc1noc(CC2CCCCC2=O)n1. The van der Waals surface area contributed by atoms with Crippen LogP contribution in [0.25, 0.3) is 0 Å². The van der Waals surface area contributed by atoms with E-state index in [0.717, 1.165) is 43.0 Å². The van der Waals surface area contributed by atoms with Crippen molar-refractivity contribution in [3.63, 3.8) is 0 Å². The molecule has 106 valence electrons. The van der Waals surface area contributed by atoms with E-state index in [1.807, 2.05) is 11.8 Å². The number of rotatable bonds is 6. The molecule has 4 nitrogen and oxygen atoms in total. The van der Waals surface area contributed by atoms with Gasteiger partial charge in [-0.2, -0.15) is 16.7 Å². The minimum absolute atomic E-state index is 0.102. The molecular weight excluding hydrogens is 260 g/mol. The number of hydrogen-bond acceptors (Lipinski definition) is 5. The van der Waals surface area contributed by atoms with Gasteiger partial charge in [0.05, 0.1) is 5.75 Å². The summed E-state index contributed by atoms with van der Waals surface area (Å²) in [6.07, 6.45) is 4.49. The number of ketones is 1. The van der Waals surface area contributed by atoms with Gasteiger partial charge in [0, 0.05) is 18.8 Å². The summed E-state index contributed by atoms with van der Waals surface area (Å²) in [6, 6.07) is 0. The maximum absolute atomic E-state index is 11.8. The molecule has 1 unspecified atom stereocenters. The summed E-state index contributed by atoms with van der Waals surface area (Å²) in [5.41, 5.74) is 0. The Balaban J connectivity index is 1.81. The van der Waals surface area contributed by atoms with E-state index in [2.05, 4.69) is 24.0 Å². The highest BCUT2D eigenvalue weighted by atomic mass is 32.2. The van der Waals surface area contributed by atoms with Crippen LogP contribution in [0.2, 0.25) is 0 Å². The molecule has 2 rings (SSSR count). The molecule has 0 bridgehead atoms. The zero-order valence-corrected chi connectivity index (χ0v) is 12.5. The Labute approximate surface area is 118 Å². The standard InChI is InChI=1S/C14H22N2O2S/c1-10(2)8-19-9-13-15-14(18-16-13)7-11-5-3-4-6-12(11)17/h10-11H,3-9H2,1-2H3. The molecule has 0 amide bonds. The number of hydrogen-bond donors (Lipinski definition) is 0. The Kier molecular flexibility index (Phi) is 5.43. The normalized spacial score (nSPS) is 20.2. The third-order valence-corrected chi connectivity index (χ3v) is 4.66. The average molecular weight is 282 g/mol. The molecule has 1 aromatic rings. The second-order valence-electron chi connectivity index (χ2n) is 5.63. The van der Waals surface area contributed by atoms with Crippen LogP contribution in [0.4, 0.5) is 0 Å². The van der Waals surface area contributed by atoms with Gasteiger partial charge in [0.25, 0.3) is 0 Å². The van der Waals surface area contributed by atoms with Crippen LogP contribution in [-0.2, 0) is 17.0 Å². The highest BCUT2D eigenvalue weighted by Gasteiger charge is 2.24. The first kappa shape index (κ1) is 14.6. The largest absolute Gasteiger partial charge is 0.339 e. The first-order chi connectivity index (χ1) is 9.15. The van der Waals surface area contributed by atoms with Gasteiger partial charge in [0.1, 0.15) is 5.78 Å². The molecule has 0 radical (unpaired) electrons. The zero-order valence-electron chi connectivity index (χ0n) is 11.7. The molecule has 1 heterocycles. The van der Waals surface area contributed by atoms with Crippen LogP contribution >= 0.6 is 11.8 Å². The number of carbonyl (C=O) groups excluding carboxylic acids is 1. The average Bonchev–Trinajstić information content (AvgIpc) is 2.79. The highest BCUT2D eigenvalue weighted by molar-refractivity contribution is 7.98. The first-order valence-corrected chi connectivity index (χ1v) is 8.22. The van der Waals surface area contributed by atoms with Crippen LogP contribution in [0.5, 0.6) is 0 Å². The minimum atomic E-state index is 0.102. The van der Waals surface area contributed by atoms with E-state index < -0.39 is 0 Å². The minimum Gasteiger partial charge on any atom is -0.339 e. The Morgan fingerprint density at radius 3 is 3.00 bits per heavy atom. The molecule has 1 aliphatic carbocycles. The number of carbonyl (C=O) groups is 1. The lowest BCUT2D eigenvalue weighted by Crippen LogP contribution is -2.21. The third kappa shape index (κ3) is 4.64. The fourth-order valence-electron chi connectivity index (χ4n) is 2.30. The lowest BCUT2D eigenvalue weighted by molar-refractivity contribution is -0.124. The predicted octanol–water partition coefficient (Wildman–Crippen LogP) is 3.26. The van der Waals surface area contributed by atoms with Crippen LogP contribution in [-0.4, -0.2) is 21.7 Å². The molecule has 1 saturated carbocycles. The summed E-state index contributed by atoms with van der Waals surface area (Å²) in [6.45, 7) is 4.40. The Morgan fingerprint density at radius 1 is 1.42 bits per heavy atom. The van der Waals surface area contributed by atoms with Crippen LogP contribution in [0.1, 0.15) is 51.2 Å². The van der Waals surface area contributed by atoms with Gasteiger partial charge in [-0.15, -0.1) is 0 Å². The Morgan fingerprint density at radius 2 is 2.26 bits per heavy atom. The van der Waals surface area contributed by atoms with Crippen molar-refractivity contribution in [1.82, 2.24) is 10.1 Å². The number of aromatic nitrogens is 2. The second-order valence-corrected chi connectivity index (χ2v) is 6.66. The van der Waals surface area contributed by atoms with Crippen molar-refractivity contribution in [2.45, 2.75) is 51.7 Å². The Hall–Kier alpha value is -0.840. The van der Waals surface area contributed by atoms with Crippen molar-refractivity contribution >= 4 is 17.5 Å². The van der Waals surface area contributed by atoms with E-state index in [0.29, 0.717) is 24.0 Å². The van der Waals surface area contributed by atoms with Gasteiger partial charge in [-0.1, -0.05) is 25.4 Å². The van der Waals surface area contributed by atoms with Gasteiger partial charge in [-0.3, -0.25) is 4.79 Å². The van der Waals surface area contributed by atoms with Gasteiger partial charge < -0.3 is 4.52 Å². The van der Waals surface area contributed by atoms with E-state index in [1.54, 1.807) is 0 Å². The molecule has 0 saturated heterocycles. The number of thioether (sulfide) groups is 1. The molecular formula is C14H22N2O2S. The predicted molar refractivity (Wildman–Crippen MR) is 76.0 cm³/mol. The van der Waals surface area contributed by atoms with Crippen molar-refractivity contribution in [3.05, 3.63) is 11.7 Å². The first-order valence-electron chi connectivity index (χ1n) is 7.07. The number of nitrogens with zero attached hydrogens (tertiary/aromatic N) is 2.